The molecule has 21 heavy (non-hydrogen) atoms. The lowest BCUT2D eigenvalue weighted by Gasteiger charge is -2.05. The third kappa shape index (κ3) is 4.78. The molecule has 0 fully saturated rings. The fraction of sp³-hybridized carbons (Fsp3) is 0.429. The van der Waals surface area contributed by atoms with Crippen molar-refractivity contribution in [1.29, 1.82) is 0 Å². The lowest BCUT2D eigenvalue weighted by molar-refractivity contribution is 0.0948. The maximum atomic E-state index is 11.9. The van der Waals surface area contributed by atoms with Crippen LogP contribution in [0.3, 0.4) is 0 Å². The van der Waals surface area contributed by atoms with E-state index in [0.29, 0.717) is 18.1 Å². The number of hydrogen-bond donors (Lipinski definition) is 2. The Balaban J connectivity index is 1.79. The zero-order valence-corrected chi connectivity index (χ0v) is 13.0. The number of nitrogens with zero attached hydrogens (tertiary/aromatic N) is 3. The van der Waals surface area contributed by atoms with E-state index in [4.69, 9.17) is 0 Å². The van der Waals surface area contributed by atoms with Gasteiger partial charge in [-0.3, -0.25) is 4.79 Å². The molecule has 6 nitrogen and oxygen atoms in total. The Bertz CT molecular complexity index is 581. The zero-order valence-electron chi connectivity index (χ0n) is 12.2. The molecule has 112 valence electrons. The summed E-state index contributed by atoms with van der Waals surface area (Å²) in [5, 5.41) is 16.9. The summed E-state index contributed by atoms with van der Waals surface area (Å²) in [5.41, 5.74) is 1.33. The van der Waals surface area contributed by atoms with E-state index in [9.17, 15) is 4.79 Å². The molecule has 0 saturated carbocycles. The highest BCUT2D eigenvalue weighted by Gasteiger charge is 2.08. The van der Waals surface area contributed by atoms with E-state index in [1.54, 1.807) is 23.5 Å². The van der Waals surface area contributed by atoms with Crippen molar-refractivity contribution in [2.24, 2.45) is 0 Å². The molecule has 0 spiro atoms. The SMILES string of the molecule is CCCNc1ccc(C(=O)NCCc2csc(C)n2)nn1. The van der Waals surface area contributed by atoms with Crippen LogP contribution in [-0.2, 0) is 6.42 Å². The topological polar surface area (TPSA) is 79.8 Å². The maximum Gasteiger partial charge on any atom is 0.271 e. The van der Waals surface area contributed by atoms with Crippen LogP contribution in [0, 0.1) is 6.92 Å². The molecule has 0 saturated heterocycles. The molecule has 0 aliphatic rings. The molecule has 1 amide bonds. The molecule has 0 radical (unpaired) electrons. The van der Waals surface area contributed by atoms with Gasteiger partial charge in [-0.1, -0.05) is 6.92 Å². The summed E-state index contributed by atoms with van der Waals surface area (Å²) in [6.07, 6.45) is 1.74. The van der Waals surface area contributed by atoms with Crippen LogP contribution in [0.1, 0.15) is 34.5 Å². The summed E-state index contributed by atoms with van der Waals surface area (Å²) in [6, 6.07) is 3.44. The van der Waals surface area contributed by atoms with Crippen molar-refractivity contribution >= 4 is 23.1 Å². The van der Waals surface area contributed by atoms with Crippen molar-refractivity contribution in [1.82, 2.24) is 20.5 Å². The average molecular weight is 305 g/mol. The van der Waals surface area contributed by atoms with Crippen LogP contribution in [0.4, 0.5) is 5.82 Å². The van der Waals surface area contributed by atoms with Gasteiger partial charge in [0.25, 0.3) is 5.91 Å². The second kappa shape index (κ2) is 7.68. The Kier molecular flexibility index (Phi) is 5.62. The van der Waals surface area contributed by atoms with Gasteiger partial charge >= 0.3 is 0 Å². The Morgan fingerprint density at radius 3 is 2.76 bits per heavy atom. The smallest absolute Gasteiger partial charge is 0.271 e. The fourth-order valence-electron chi connectivity index (χ4n) is 1.72. The van der Waals surface area contributed by atoms with Gasteiger partial charge in [0.2, 0.25) is 0 Å². The number of carbonyl (C=O) groups excluding carboxylic acids is 1. The molecular formula is C14H19N5OS. The van der Waals surface area contributed by atoms with Crippen molar-refractivity contribution in [2.45, 2.75) is 26.7 Å². The van der Waals surface area contributed by atoms with E-state index in [-0.39, 0.29) is 5.91 Å². The van der Waals surface area contributed by atoms with Crippen molar-refractivity contribution in [2.75, 3.05) is 18.4 Å². The highest BCUT2D eigenvalue weighted by molar-refractivity contribution is 7.09. The van der Waals surface area contributed by atoms with E-state index in [0.717, 1.165) is 30.1 Å². The van der Waals surface area contributed by atoms with Gasteiger partial charge in [-0.15, -0.1) is 21.5 Å². The molecule has 2 rings (SSSR count). The van der Waals surface area contributed by atoms with Crippen LogP contribution < -0.4 is 10.6 Å². The fourth-order valence-corrected chi connectivity index (χ4v) is 2.37. The summed E-state index contributed by atoms with van der Waals surface area (Å²) in [5.74, 6) is 0.475. The van der Waals surface area contributed by atoms with Gasteiger partial charge in [-0.2, -0.15) is 0 Å². The average Bonchev–Trinajstić information content (AvgIpc) is 2.91. The Labute approximate surface area is 128 Å². The van der Waals surface area contributed by atoms with Gasteiger partial charge in [0.15, 0.2) is 5.69 Å². The lowest BCUT2D eigenvalue weighted by Crippen LogP contribution is -2.27. The molecule has 7 heteroatoms. The second-order valence-corrected chi connectivity index (χ2v) is 5.66. The van der Waals surface area contributed by atoms with Crippen LogP contribution in [0.25, 0.3) is 0 Å². The number of anilines is 1. The molecule has 0 atom stereocenters. The van der Waals surface area contributed by atoms with Crippen LogP contribution in [0.5, 0.6) is 0 Å². The van der Waals surface area contributed by atoms with Gasteiger partial charge in [0.1, 0.15) is 5.82 Å². The number of amides is 1. The monoisotopic (exact) mass is 305 g/mol. The number of aromatic nitrogens is 3. The molecule has 0 bridgehead atoms. The number of carbonyl (C=O) groups is 1. The van der Waals surface area contributed by atoms with Gasteiger partial charge in [0.05, 0.1) is 10.7 Å². The van der Waals surface area contributed by atoms with Gasteiger partial charge in [-0.25, -0.2) is 4.98 Å². The molecule has 0 aromatic carbocycles. The number of nitrogens with one attached hydrogen (secondary N) is 2. The standard InChI is InChI=1S/C14H19N5OS/c1-3-7-15-13-5-4-12(18-19-13)14(20)16-8-6-11-9-21-10(2)17-11/h4-5,9H,3,6-8H2,1-2H3,(H,15,19)(H,16,20). The second-order valence-electron chi connectivity index (χ2n) is 4.59. The highest BCUT2D eigenvalue weighted by atomic mass is 32.1. The molecule has 0 aliphatic carbocycles. The van der Waals surface area contributed by atoms with E-state index >= 15 is 0 Å². The molecule has 2 N–H and O–H groups in total. The van der Waals surface area contributed by atoms with E-state index in [1.807, 2.05) is 12.3 Å². The largest absolute Gasteiger partial charge is 0.369 e. The Hall–Kier alpha value is -2.02. The summed E-state index contributed by atoms with van der Waals surface area (Å²) < 4.78 is 0. The molecule has 0 aliphatic heterocycles. The van der Waals surface area contributed by atoms with E-state index in [1.165, 1.54) is 0 Å². The molecular weight excluding hydrogens is 286 g/mol. The number of hydrogen-bond acceptors (Lipinski definition) is 6. The quantitative estimate of drug-likeness (QED) is 0.818. The van der Waals surface area contributed by atoms with Crippen LogP contribution in [0.2, 0.25) is 0 Å². The Morgan fingerprint density at radius 2 is 2.14 bits per heavy atom. The molecule has 0 unspecified atom stereocenters. The third-order valence-corrected chi connectivity index (χ3v) is 3.61. The minimum atomic E-state index is -0.212. The molecule has 2 aromatic rings. The van der Waals surface area contributed by atoms with Crippen LogP contribution >= 0.6 is 11.3 Å². The predicted octanol–water partition coefficient (Wildman–Crippen LogP) is 2.04. The zero-order chi connectivity index (χ0) is 15.1. The molecule has 2 aromatic heterocycles. The number of rotatable bonds is 7. The summed E-state index contributed by atoms with van der Waals surface area (Å²) in [6.45, 7) is 5.43. The first-order chi connectivity index (χ1) is 10.2. The predicted molar refractivity (Wildman–Crippen MR) is 83.7 cm³/mol. The van der Waals surface area contributed by atoms with Gasteiger partial charge in [-0.05, 0) is 25.5 Å². The first kappa shape index (κ1) is 15.4. The minimum absolute atomic E-state index is 0.212. The summed E-state index contributed by atoms with van der Waals surface area (Å²) >= 11 is 1.61. The van der Waals surface area contributed by atoms with Gasteiger partial charge in [0, 0.05) is 24.9 Å². The number of aryl methyl sites for hydroxylation is 1. The van der Waals surface area contributed by atoms with Crippen molar-refractivity contribution < 1.29 is 4.79 Å². The first-order valence-corrected chi connectivity index (χ1v) is 7.84. The van der Waals surface area contributed by atoms with Crippen molar-refractivity contribution in [3.05, 3.63) is 33.9 Å². The summed E-state index contributed by atoms with van der Waals surface area (Å²) in [7, 11) is 0. The maximum absolute atomic E-state index is 11.9. The first-order valence-electron chi connectivity index (χ1n) is 6.96. The van der Waals surface area contributed by atoms with Crippen molar-refractivity contribution in [3.8, 4) is 0 Å². The normalized spacial score (nSPS) is 10.4. The van der Waals surface area contributed by atoms with E-state index in [2.05, 4.69) is 32.7 Å². The Morgan fingerprint density at radius 1 is 1.29 bits per heavy atom. The number of thiazole rings is 1. The third-order valence-electron chi connectivity index (χ3n) is 2.79. The lowest BCUT2D eigenvalue weighted by atomic mass is 10.3. The van der Waals surface area contributed by atoms with Gasteiger partial charge < -0.3 is 10.6 Å². The molecule has 2 heterocycles. The van der Waals surface area contributed by atoms with Crippen LogP contribution in [0.15, 0.2) is 17.5 Å². The minimum Gasteiger partial charge on any atom is -0.369 e. The van der Waals surface area contributed by atoms with Crippen molar-refractivity contribution in [3.63, 3.8) is 0 Å². The highest BCUT2D eigenvalue weighted by Crippen LogP contribution is 2.08. The van der Waals surface area contributed by atoms with Crippen LogP contribution in [-0.4, -0.2) is 34.2 Å². The summed E-state index contributed by atoms with van der Waals surface area (Å²) in [4.78, 5) is 16.3. The van der Waals surface area contributed by atoms with E-state index < -0.39 is 0 Å².